The Kier molecular flexibility index (Phi) is 4.39. The molecule has 3 rings (SSSR count). The lowest BCUT2D eigenvalue weighted by Crippen LogP contribution is -2.17. The van der Waals surface area contributed by atoms with Crippen LogP contribution in [0.1, 0.15) is 11.3 Å². The molecule has 0 saturated carbocycles. The minimum atomic E-state index is -4.24. The molecule has 0 fully saturated rings. The van der Waals surface area contributed by atoms with E-state index in [0.717, 1.165) is 0 Å². The molecule has 3 aromatic rings. The summed E-state index contributed by atoms with van der Waals surface area (Å²) in [5.41, 5.74) is 2.00. The minimum Gasteiger partial charge on any atom is -0.295 e. The maximum atomic E-state index is 12.5. The monoisotopic (exact) mass is 357 g/mol. The van der Waals surface area contributed by atoms with Crippen molar-refractivity contribution in [3.8, 4) is 5.69 Å². The van der Waals surface area contributed by atoms with Crippen LogP contribution < -0.4 is 5.56 Å². The molecule has 2 N–H and O–H groups in total. The molecule has 0 aliphatic carbocycles. The van der Waals surface area contributed by atoms with E-state index in [1.165, 1.54) is 35.2 Å². The Labute approximate surface area is 144 Å². The van der Waals surface area contributed by atoms with Gasteiger partial charge in [0.25, 0.3) is 15.7 Å². The van der Waals surface area contributed by atoms with Crippen LogP contribution in [0.5, 0.6) is 0 Å². The maximum absolute atomic E-state index is 12.5. The number of hydrogen-bond donors (Lipinski definition) is 2. The van der Waals surface area contributed by atoms with Gasteiger partial charge in [-0.2, -0.15) is 8.42 Å². The van der Waals surface area contributed by atoms with Crippen LogP contribution in [0.15, 0.2) is 69.3 Å². The van der Waals surface area contributed by atoms with E-state index in [2.05, 4.69) is 10.1 Å². The van der Waals surface area contributed by atoms with E-state index in [9.17, 15) is 13.2 Å². The fraction of sp³-hybridized carbons (Fsp3) is 0.0588. The quantitative estimate of drug-likeness (QED) is 0.553. The molecule has 8 heteroatoms. The number of aliphatic imine (C=N–C) groups is 1. The summed E-state index contributed by atoms with van der Waals surface area (Å²) in [4.78, 5) is 16.5. The van der Waals surface area contributed by atoms with Crippen molar-refractivity contribution >= 4 is 22.0 Å². The smallest absolute Gasteiger partial charge is 0.294 e. The van der Waals surface area contributed by atoms with Crippen molar-refractivity contribution in [1.82, 2.24) is 9.78 Å². The van der Waals surface area contributed by atoms with Gasteiger partial charge >= 0.3 is 0 Å². The van der Waals surface area contributed by atoms with E-state index < -0.39 is 10.1 Å². The summed E-state index contributed by atoms with van der Waals surface area (Å²) in [5.74, 6) is 0. The van der Waals surface area contributed by atoms with Crippen molar-refractivity contribution in [1.29, 1.82) is 0 Å². The highest BCUT2D eigenvalue weighted by molar-refractivity contribution is 7.85. The molecule has 0 aliphatic heterocycles. The molecule has 0 saturated heterocycles. The van der Waals surface area contributed by atoms with Crippen molar-refractivity contribution in [3.05, 3.63) is 76.2 Å². The first-order valence-corrected chi connectivity index (χ1v) is 8.79. The summed E-state index contributed by atoms with van der Waals surface area (Å²) in [5, 5.41) is 3.00. The Balaban J connectivity index is 1.92. The molecule has 0 spiro atoms. The molecule has 25 heavy (non-hydrogen) atoms. The standard InChI is InChI=1S/C17H15N3O4S/c1-12-16(17(21)20(19-12)14-5-3-2-4-6-14)11-18-13-7-9-15(10-8-13)25(22,23)24/h2-11,19H,1H3,(H,22,23,24). The highest BCUT2D eigenvalue weighted by Crippen LogP contribution is 2.16. The molecule has 1 aromatic heterocycles. The molecular formula is C17H15N3O4S. The fourth-order valence-electron chi connectivity index (χ4n) is 2.31. The van der Waals surface area contributed by atoms with Crippen molar-refractivity contribution < 1.29 is 13.0 Å². The van der Waals surface area contributed by atoms with Crippen LogP contribution in [0.4, 0.5) is 5.69 Å². The summed E-state index contributed by atoms with van der Waals surface area (Å²) < 4.78 is 32.4. The van der Waals surface area contributed by atoms with Crippen molar-refractivity contribution in [2.45, 2.75) is 11.8 Å². The number of aryl methyl sites for hydroxylation is 1. The van der Waals surface area contributed by atoms with Gasteiger partial charge < -0.3 is 0 Å². The third-order valence-corrected chi connectivity index (χ3v) is 4.48. The fourth-order valence-corrected chi connectivity index (χ4v) is 2.79. The SMILES string of the molecule is Cc1[nH]n(-c2ccccc2)c(=O)c1C=Nc1ccc(S(=O)(=O)O)cc1. The Bertz CT molecular complexity index is 1080. The molecule has 7 nitrogen and oxygen atoms in total. The third kappa shape index (κ3) is 3.59. The summed E-state index contributed by atoms with van der Waals surface area (Å²) in [6, 6.07) is 14.5. The molecule has 2 aromatic carbocycles. The number of benzene rings is 2. The van der Waals surface area contributed by atoms with Crippen LogP contribution in [-0.2, 0) is 10.1 Å². The predicted octanol–water partition coefficient (Wildman–Crippen LogP) is 2.47. The van der Waals surface area contributed by atoms with Crippen LogP contribution >= 0.6 is 0 Å². The molecule has 128 valence electrons. The van der Waals surface area contributed by atoms with E-state index in [1.54, 1.807) is 6.92 Å². The number of nitrogens with one attached hydrogen (secondary N) is 1. The van der Waals surface area contributed by atoms with Crippen LogP contribution in [0.2, 0.25) is 0 Å². The highest BCUT2D eigenvalue weighted by Gasteiger charge is 2.11. The average molecular weight is 357 g/mol. The molecule has 0 amide bonds. The first kappa shape index (κ1) is 16.9. The summed E-state index contributed by atoms with van der Waals surface area (Å²) in [6.45, 7) is 1.77. The van der Waals surface area contributed by atoms with Gasteiger partial charge in [0.05, 0.1) is 21.8 Å². The molecule has 0 aliphatic rings. The van der Waals surface area contributed by atoms with E-state index in [1.807, 2.05) is 30.3 Å². The maximum Gasteiger partial charge on any atom is 0.294 e. The second-order valence-corrected chi connectivity index (χ2v) is 6.78. The number of aromatic amines is 1. The molecule has 1 heterocycles. The highest BCUT2D eigenvalue weighted by atomic mass is 32.2. The zero-order valence-electron chi connectivity index (χ0n) is 13.2. The number of aromatic nitrogens is 2. The predicted molar refractivity (Wildman–Crippen MR) is 94.6 cm³/mol. The van der Waals surface area contributed by atoms with E-state index >= 15 is 0 Å². The van der Waals surface area contributed by atoms with Gasteiger partial charge in [-0.3, -0.25) is 19.4 Å². The first-order valence-electron chi connectivity index (χ1n) is 7.35. The normalized spacial score (nSPS) is 11.9. The van der Waals surface area contributed by atoms with Gasteiger partial charge in [-0.1, -0.05) is 18.2 Å². The van der Waals surface area contributed by atoms with Gasteiger partial charge in [0.1, 0.15) is 0 Å². The first-order chi connectivity index (χ1) is 11.9. The van der Waals surface area contributed by atoms with Crippen LogP contribution in [0, 0.1) is 6.92 Å². The zero-order valence-corrected chi connectivity index (χ0v) is 14.1. The lowest BCUT2D eigenvalue weighted by Gasteiger charge is -1.99. The van der Waals surface area contributed by atoms with E-state index in [-0.39, 0.29) is 10.5 Å². The van der Waals surface area contributed by atoms with Crippen molar-refractivity contribution in [2.75, 3.05) is 0 Å². The minimum absolute atomic E-state index is 0.212. The van der Waals surface area contributed by atoms with Gasteiger partial charge in [-0.05, 0) is 43.3 Å². The van der Waals surface area contributed by atoms with Gasteiger partial charge in [0, 0.05) is 11.9 Å². The lowest BCUT2D eigenvalue weighted by molar-refractivity contribution is 0.483. The number of nitrogens with zero attached hydrogens (tertiary/aromatic N) is 2. The number of hydrogen-bond acceptors (Lipinski definition) is 4. The lowest BCUT2D eigenvalue weighted by atomic mass is 10.2. The van der Waals surface area contributed by atoms with Gasteiger partial charge in [-0.15, -0.1) is 0 Å². The molecule has 0 bridgehead atoms. The van der Waals surface area contributed by atoms with Crippen LogP contribution in [0.25, 0.3) is 5.69 Å². The van der Waals surface area contributed by atoms with E-state index in [4.69, 9.17) is 4.55 Å². The Hall–Kier alpha value is -2.97. The Morgan fingerprint density at radius 2 is 1.72 bits per heavy atom. The Morgan fingerprint density at radius 1 is 1.08 bits per heavy atom. The van der Waals surface area contributed by atoms with Crippen molar-refractivity contribution in [2.24, 2.45) is 4.99 Å². The number of H-pyrrole nitrogens is 1. The summed E-state index contributed by atoms with van der Waals surface area (Å²) in [6.07, 6.45) is 1.43. The largest absolute Gasteiger partial charge is 0.295 e. The molecule has 0 radical (unpaired) electrons. The van der Waals surface area contributed by atoms with Gasteiger partial charge in [0.2, 0.25) is 0 Å². The molecular weight excluding hydrogens is 342 g/mol. The zero-order chi connectivity index (χ0) is 18.0. The average Bonchev–Trinajstić information content (AvgIpc) is 2.88. The number of para-hydroxylation sites is 1. The molecule has 0 unspecified atom stereocenters. The van der Waals surface area contributed by atoms with E-state index in [0.29, 0.717) is 22.6 Å². The number of rotatable bonds is 4. The van der Waals surface area contributed by atoms with Crippen LogP contribution in [0.3, 0.4) is 0 Å². The van der Waals surface area contributed by atoms with Gasteiger partial charge in [-0.25, -0.2) is 4.68 Å². The summed E-state index contributed by atoms with van der Waals surface area (Å²) >= 11 is 0. The van der Waals surface area contributed by atoms with Crippen LogP contribution in [-0.4, -0.2) is 29.0 Å². The molecule has 0 atom stereocenters. The second kappa shape index (κ2) is 6.50. The van der Waals surface area contributed by atoms with Crippen molar-refractivity contribution in [3.63, 3.8) is 0 Å². The van der Waals surface area contributed by atoms with Gasteiger partial charge in [0.15, 0.2) is 0 Å². The topological polar surface area (TPSA) is 105 Å². The second-order valence-electron chi connectivity index (χ2n) is 5.35. The Morgan fingerprint density at radius 3 is 2.32 bits per heavy atom. The summed E-state index contributed by atoms with van der Waals surface area (Å²) in [7, 11) is -4.24. The third-order valence-electron chi connectivity index (χ3n) is 3.61.